The van der Waals surface area contributed by atoms with E-state index in [9.17, 15) is 14.0 Å². The molecule has 1 saturated carbocycles. The van der Waals surface area contributed by atoms with Gasteiger partial charge in [0.05, 0.1) is 17.5 Å². The fourth-order valence-electron chi connectivity index (χ4n) is 3.99. The molecular weight excluding hydrogens is 369 g/mol. The molecule has 0 radical (unpaired) electrons. The highest BCUT2D eigenvalue weighted by Crippen LogP contribution is 2.40. The molecule has 0 aromatic heterocycles. The molecular formula is C23H26FN3O2. The highest BCUT2D eigenvalue weighted by Gasteiger charge is 2.49. The molecule has 2 unspecified atom stereocenters. The van der Waals surface area contributed by atoms with Gasteiger partial charge in [-0.3, -0.25) is 9.59 Å². The van der Waals surface area contributed by atoms with Crippen molar-refractivity contribution in [2.75, 3.05) is 31.1 Å². The van der Waals surface area contributed by atoms with Crippen molar-refractivity contribution in [1.29, 1.82) is 0 Å². The summed E-state index contributed by atoms with van der Waals surface area (Å²) < 4.78 is 14.0. The predicted molar refractivity (Wildman–Crippen MR) is 110 cm³/mol. The fraction of sp³-hybridized carbons (Fsp3) is 0.391. The zero-order chi connectivity index (χ0) is 20.4. The standard InChI is InChI=1S/C23H26FN3O2/c1-16-6-2-3-7-17(16)15-25-22(28)18-14-19(18)23(29)27-12-10-26(11-13-27)21-9-5-4-8-20(21)24/h2-9,18-19H,10-15H2,1H3,(H,25,28). The maximum absolute atomic E-state index is 14.0. The molecule has 6 heteroatoms. The van der Waals surface area contributed by atoms with Crippen molar-refractivity contribution >= 4 is 17.5 Å². The smallest absolute Gasteiger partial charge is 0.226 e. The number of nitrogens with zero attached hydrogens (tertiary/aromatic N) is 2. The van der Waals surface area contributed by atoms with Gasteiger partial charge >= 0.3 is 0 Å². The number of carbonyl (C=O) groups excluding carboxylic acids is 2. The van der Waals surface area contributed by atoms with E-state index in [0.717, 1.165) is 11.1 Å². The van der Waals surface area contributed by atoms with Gasteiger partial charge in [-0.05, 0) is 36.6 Å². The van der Waals surface area contributed by atoms with Crippen LogP contribution in [-0.4, -0.2) is 42.9 Å². The van der Waals surface area contributed by atoms with Crippen LogP contribution in [0.4, 0.5) is 10.1 Å². The number of rotatable bonds is 5. The summed E-state index contributed by atoms with van der Waals surface area (Å²) in [5.41, 5.74) is 2.82. The number of nitrogens with one attached hydrogen (secondary N) is 1. The number of amides is 2. The SMILES string of the molecule is Cc1ccccc1CNC(=O)C1CC1C(=O)N1CCN(c2ccccc2F)CC1. The average Bonchev–Trinajstić information content (AvgIpc) is 3.54. The number of benzene rings is 2. The minimum atomic E-state index is -0.236. The van der Waals surface area contributed by atoms with E-state index in [4.69, 9.17) is 0 Å². The number of halogens is 1. The number of para-hydroxylation sites is 1. The lowest BCUT2D eigenvalue weighted by molar-refractivity contribution is -0.135. The molecule has 1 aliphatic carbocycles. The summed E-state index contributed by atoms with van der Waals surface area (Å²) in [6, 6.07) is 14.7. The van der Waals surface area contributed by atoms with Gasteiger partial charge in [0.15, 0.2) is 0 Å². The van der Waals surface area contributed by atoms with E-state index in [2.05, 4.69) is 5.32 Å². The third-order valence-corrected chi connectivity index (χ3v) is 5.94. The maximum atomic E-state index is 14.0. The summed E-state index contributed by atoms with van der Waals surface area (Å²) in [4.78, 5) is 29.0. The van der Waals surface area contributed by atoms with Crippen LogP contribution in [0.2, 0.25) is 0 Å². The zero-order valence-electron chi connectivity index (χ0n) is 16.6. The third-order valence-electron chi connectivity index (χ3n) is 5.94. The molecule has 4 rings (SSSR count). The molecule has 2 aromatic rings. The van der Waals surface area contributed by atoms with Crippen LogP contribution in [0, 0.1) is 24.6 Å². The van der Waals surface area contributed by atoms with Crippen molar-refractivity contribution in [2.45, 2.75) is 19.9 Å². The van der Waals surface area contributed by atoms with Gasteiger partial charge in [-0.15, -0.1) is 0 Å². The summed E-state index contributed by atoms with van der Waals surface area (Å²) >= 11 is 0. The Bertz CT molecular complexity index is 909. The molecule has 2 aliphatic rings. The monoisotopic (exact) mass is 395 g/mol. The third kappa shape index (κ3) is 4.26. The lowest BCUT2D eigenvalue weighted by atomic mass is 10.1. The highest BCUT2D eigenvalue weighted by atomic mass is 19.1. The Kier molecular flexibility index (Phi) is 5.51. The van der Waals surface area contributed by atoms with Gasteiger partial charge in [-0.2, -0.15) is 0 Å². The van der Waals surface area contributed by atoms with Crippen LogP contribution in [0.5, 0.6) is 0 Å². The molecule has 1 heterocycles. The Hall–Kier alpha value is -2.89. The molecule has 0 spiro atoms. The summed E-state index contributed by atoms with van der Waals surface area (Å²) in [6.07, 6.45) is 0.617. The van der Waals surface area contributed by atoms with Gasteiger partial charge in [0.2, 0.25) is 11.8 Å². The number of aryl methyl sites for hydroxylation is 1. The lowest BCUT2D eigenvalue weighted by Gasteiger charge is -2.36. The minimum absolute atomic E-state index is 0.0448. The Balaban J connectivity index is 1.26. The molecule has 2 amide bonds. The quantitative estimate of drug-likeness (QED) is 0.847. The number of carbonyl (C=O) groups is 2. The summed E-state index contributed by atoms with van der Waals surface area (Å²) in [5.74, 6) is -0.673. The highest BCUT2D eigenvalue weighted by molar-refractivity contribution is 5.92. The van der Waals surface area contributed by atoms with Gasteiger partial charge in [0.25, 0.3) is 0 Å². The van der Waals surface area contributed by atoms with Gasteiger partial charge in [-0.25, -0.2) is 4.39 Å². The first-order valence-electron chi connectivity index (χ1n) is 10.1. The van der Waals surface area contributed by atoms with Crippen LogP contribution in [0.3, 0.4) is 0 Å². The second-order valence-corrected chi connectivity index (χ2v) is 7.86. The van der Waals surface area contributed by atoms with Crippen LogP contribution in [0.15, 0.2) is 48.5 Å². The van der Waals surface area contributed by atoms with Gasteiger partial charge in [0.1, 0.15) is 5.82 Å². The van der Waals surface area contributed by atoms with Gasteiger partial charge in [-0.1, -0.05) is 36.4 Å². The number of piperazine rings is 1. The van der Waals surface area contributed by atoms with E-state index in [1.54, 1.807) is 12.1 Å². The van der Waals surface area contributed by atoms with Crippen LogP contribution in [-0.2, 0) is 16.1 Å². The maximum Gasteiger partial charge on any atom is 0.226 e. The number of hydrogen-bond donors (Lipinski definition) is 1. The average molecular weight is 395 g/mol. The van der Waals surface area contributed by atoms with Crippen molar-refractivity contribution in [3.05, 3.63) is 65.5 Å². The molecule has 2 fully saturated rings. The second kappa shape index (κ2) is 8.23. The van der Waals surface area contributed by atoms with E-state index < -0.39 is 0 Å². The largest absolute Gasteiger partial charge is 0.366 e. The zero-order valence-corrected chi connectivity index (χ0v) is 16.6. The Morgan fingerprint density at radius 2 is 1.69 bits per heavy atom. The van der Waals surface area contributed by atoms with Gasteiger partial charge in [0, 0.05) is 32.7 Å². The predicted octanol–water partition coefficient (Wildman–Crippen LogP) is 2.74. The molecule has 1 aliphatic heterocycles. The number of anilines is 1. The van der Waals surface area contributed by atoms with Crippen molar-refractivity contribution in [1.82, 2.24) is 10.2 Å². The van der Waals surface area contributed by atoms with E-state index in [0.29, 0.717) is 44.8 Å². The first-order valence-corrected chi connectivity index (χ1v) is 10.1. The summed E-state index contributed by atoms with van der Waals surface area (Å²) in [5, 5.41) is 2.96. The Labute approximate surface area is 170 Å². The van der Waals surface area contributed by atoms with Crippen LogP contribution < -0.4 is 10.2 Å². The van der Waals surface area contributed by atoms with E-state index in [-0.39, 0.29) is 29.5 Å². The lowest BCUT2D eigenvalue weighted by Crippen LogP contribution is -2.49. The summed E-state index contributed by atoms with van der Waals surface area (Å²) in [7, 11) is 0. The summed E-state index contributed by atoms with van der Waals surface area (Å²) in [6.45, 7) is 4.83. The molecule has 152 valence electrons. The van der Waals surface area contributed by atoms with E-state index in [1.807, 2.05) is 47.1 Å². The normalized spacial score (nSPS) is 21.0. The number of hydrogen-bond acceptors (Lipinski definition) is 3. The van der Waals surface area contributed by atoms with E-state index in [1.165, 1.54) is 6.07 Å². The van der Waals surface area contributed by atoms with E-state index >= 15 is 0 Å². The molecule has 2 atom stereocenters. The van der Waals surface area contributed by atoms with Crippen LogP contribution in [0.25, 0.3) is 0 Å². The van der Waals surface area contributed by atoms with Crippen molar-refractivity contribution in [3.63, 3.8) is 0 Å². The topological polar surface area (TPSA) is 52.7 Å². The first kappa shape index (κ1) is 19.4. The Morgan fingerprint density at radius 1 is 1.00 bits per heavy atom. The van der Waals surface area contributed by atoms with Crippen molar-refractivity contribution in [3.8, 4) is 0 Å². The molecule has 0 bridgehead atoms. The molecule has 1 saturated heterocycles. The second-order valence-electron chi connectivity index (χ2n) is 7.86. The van der Waals surface area contributed by atoms with Crippen molar-refractivity contribution < 1.29 is 14.0 Å². The fourth-order valence-corrected chi connectivity index (χ4v) is 3.99. The Morgan fingerprint density at radius 3 is 2.41 bits per heavy atom. The molecule has 1 N–H and O–H groups in total. The molecule has 5 nitrogen and oxygen atoms in total. The van der Waals surface area contributed by atoms with Crippen LogP contribution in [0.1, 0.15) is 17.5 Å². The first-order chi connectivity index (χ1) is 14.0. The van der Waals surface area contributed by atoms with Crippen molar-refractivity contribution in [2.24, 2.45) is 11.8 Å². The van der Waals surface area contributed by atoms with Crippen LogP contribution >= 0.6 is 0 Å². The van der Waals surface area contributed by atoms with Gasteiger partial charge < -0.3 is 15.1 Å². The minimum Gasteiger partial charge on any atom is -0.366 e. The molecule has 2 aromatic carbocycles. The molecule has 29 heavy (non-hydrogen) atoms.